The van der Waals surface area contributed by atoms with Gasteiger partial charge in [0.1, 0.15) is 18.3 Å². The molecular weight excluding hydrogens is 481 g/mol. The first-order valence-corrected chi connectivity index (χ1v) is 11.8. The van der Waals surface area contributed by atoms with Gasteiger partial charge in [-0.15, -0.1) is 11.3 Å². The minimum atomic E-state index is -0.474. The fraction of sp³-hybridized carbons (Fsp3) is 0.261. The molecule has 1 aromatic carbocycles. The summed E-state index contributed by atoms with van der Waals surface area (Å²) in [6.45, 7) is 7.84. The van der Waals surface area contributed by atoms with Gasteiger partial charge in [0.25, 0.3) is 5.56 Å². The molecule has 0 aliphatic carbocycles. The van der Waals surface area contributed by atoms with Gasteiger partial charge in [-0.25, -0.2) is 15.0 Å². The highest BCUT2D eigenvalue weighted by atomic mass is 35.5. The Morgan fingerprint density at radius 1 is 1.12 bits per heavy atom. The molecule has 3 aromatic heterocycles. The molecule has 33 heavy (non-hydrogen) atoms. The smallest absolute Gasteiger partial charge is 0.280 e. The van der Waals surface area contributed by atoms with Crippen LogP contribution in [-0.2, 0) is 6.61 Å². The Hall–Kier alpha value is -2.81. The minimum absolute atomic E-state index is 0.0609. The van der Waals surface area contributed by atoms with E-state index in [0.717, 1.165) is 27.8 Å². The maximum Gasteiger partial charge on any atom is 0.280 e. The zero-order chi connectivity index (χ0) is 23.7. The number of ether oxygens (including phenoxy) is 1. The Labute approximate surface area is 205 Å². The molecule has 0 saturated heterocycles. The number of hydrogen-bond donors (Lipinski definition) is 0. The zero-order valence-corrected chi connectivity index (χ0v) is 20.8. The highest BCUT2D eigenvalue weighted by molar-refractivity contribution is 7.09. The van der Waals surface area contributed by atoms with Gasteiger partial charge in [-0.2, -0.15) is 4.98 Å². The van der Waals surface area contributed by atoms with Crippen LogP contribution in [-0.4, -0.2) is 24.5 Å². The van der Waals surface area contributed by atoms with Gasteiger partial charge >= 0.3 is 0 Å². The molecule has 7 nitrogen and oxygen atoms in total. The molecule has 0 bridgehead atoms. The van der Waals surface area contributed by atoms with Crippen molar-refractivity contribution in [2.75, 3.05) is 0 Å². The second-order valence-corrected chi connectivity index (χ2v) is 9.53. The van der Waals surface area contributed by atoms with Gasteiger partial charge in [0.05, 0.1) is 27.1 Å². The molecule has 4 rings (SSSR count). The summed E-state index contributed by atoms with van der Waals surface area (Å²) in [5, 5.41) is 3.07. The van der Waals surface area contributed by atoms with Gasteiger partial charge in [-0.3, -0.25) is 9.36 Å². The van der Waals surface area contributed by atoms with E-state index in [-0.39, 0.29) is 23.4 Å². The molecule has 0 radical (unpaired) electrons. The Morgan fingerprint density at radius 3 is 2.61 bits per heavy atom. The molecule has 0 fully saturated rings. The number of rotatable bonds is 6. The lowest BCUT2D eigenvalue weighted by Crippen LogP contribution is -2.24. The van der Waals surface area contributed by atoms with Crippen molar-refractivity contribution in [3.63, 3.8) is 0 Å². The summed E-state index contributed by atoms with van der Waals surface area (Å²) in [5.41, 5.74) is 2.25. The number of nitrogens with zero attached hydrogens (tertiary/aromatic N) is 5. The van der Waals surface area contributed by atoms with Crippen molar-refractivity contribution in [3.8, 4) is 22.8 Å². The summed E-state index contributed by atoms with van der Waals surface area (Å²) in [4.78, 5) is 30.9. The maximum atomic E-state index is 13.2. The molecule has 3 heterocycles. The van der Waals surface area contributed by atoms with Gasteiger partial charge in [0, 0.05) is 23.1 Å². The van der Waals surface area contributed by atoms with E-state index < -0.39 is 5.56 Å². The predicted octanol–water partition coefficient (Wildman–Crippen LogP) is 5.77. The summed E-state index contributed by atoms with van der Waals surface area (Å²) in [7, 11) is 0. The zero-order valence-electron chi connectivity index (χ0n) is 18.5. The summed E-state index contributed by atoms with van der Waals surface area (Å²) < 4.78 is 7.06. The lowest BCUT2D eigenvalue weighted by Gasteiger charge is -2.15. The fourth-order valence-corrected chi connectivity index (χ4v) is 4.22. The first kappa shape index (κ1) is 23.4. The largest absolute Gasteiger partial charge is 0.470 e. The number of thiazole rings is 1. The molecule has 4 aromatic rings. The van der Waals surface area contributed by atoms with Gasteiger partial charge in [-0.1, -0.05) is 43.1 Å². The molecule has 0 unspecified atom stereocenters. The van der Waals surface area contributed by atoms with Crippen LogP contribution in [0, 0.1) is 13.8 Å². The third-order valence-corrected chi connectivity index (χ3v) is 6.33. The Bertz CT molecular complexity index is 1380. The molecule has 0 aliphatic rings. The first-order chi connectivity index (χ1) is 15.7. The van der Waals surface area contributed by atoms with Crippen LogP contribution < -0.4 is 10.3 Å². The van der Waals surface area contributed by atoms with E-state index in [9.17, 15) is 4.79 Å². The third kappa shape index (κ3) is 4.93. The molecule has 0 aliphatic heterocycles. The Balaban J connectivity index is 1.73. The fourth-order valence-electron chi connectivity index (χ4n) is 3.23. The maximum absolute atomic E-state index is 13.2. The second-order valence-electron chi connectivity index (χ2n) is 7.69. The van der Waals surface area contributed by atoms with E-state index in [1.165, 1.54) is 15.9 Å². The SMILES string of the molecule is Cc1nc(COc2nc(C)n(-c3cc(-c4ccnc(C(C)C)n4)ccc3Cl)c(=O)c2Cl)cs1. The van der Waals surface area contributed by atoms with Crippen LogP contribution in [0.2, 0.25) is 10.0 Å². The second kappa shape index (κ2) is 9.59. The van der Waals surface area contributed by atoms with Crippen molar-refractivity contribution >= 4 is 34.5 Å². The van der Waals surface area contributed by atoms with Crippen molar-refractivity contribution < 1.29 is 4.74 Å². The van der Waals surface area contributed by atoms with Crippen LogP contribution in [0.15, 0.2) is 40.6 Å². The average molecular weight is 502 g/mol. The molecule has 0 spiro atoms. The highest BCUT2D eigenvalue weighted by Crippen LogP contribution is 2.29. The molecule has 10 heteroatoms. The number of benzene rings is 1. The first-order valence-electron chi connectivity index (χ1n) is 10.2. The summed E-state index contributed by atoms with van der Waals surface area (Å²) in [6.07, 6.45) is 1.72. The van der Waals surface area contributed by atoms with Crippen molar-refractivity contribution in [1.29, 1.82) is 0 Å². The van der Waals surface area contributed by atoms with Crippen LogP contribution >= 0.6 is 34.5 Å². The summed E-state index contributed by atoms with van der Waals surface area (Å²) in [6, 6.07) is 7.18. The van der Waals surface area contributed by atoms with Gasteiger partial charge in [0.2, 0.25) is 5.88 Å². The van der Waals surface area contributed by atoms with E-state index in [0.29, 0.717) is 16.5 Å². The van der Waals surface area contributed by atoms with Gasteiger partial charge < -0.3 is 4.74 Å². The van der Waals surface area contributed by atoms with Crippen LogP contribution in [0.5, 0.6) is 5.88 Å². The van der Waals surface area contributed by atoms with Gasteiger partial charge in [-0.05, 0) is 32.0 Å². The molecule has 0 amide bonds. The molecular formula is C23H21Cl2N5O2S. The van der Waals surface area contributed by atoms with E-state index in [4.69, 9.17) is 27.9 Å². The number of aryl methyl sites for hydroxylation is 2. The highest BCUT2D eigenvalue weighted by Gasteiger charge is 2.18. The van der Waals surface area contributed by atoms with Crippen molar-refractivity contribution in [3.05, 3.63) is 78.6 Å². The molecule has 0 N–H and O–H groups in total. The van der Waals surface area contributed by atoms with Crippen molar-refractivity contribution in [2.45, 2.75) is 40.2 Å². The summed E-state index contributed by atoms with van der Waals surface area (Å²) >= 11 is 14.4. The molecule has 170 valence electrons. The van der Waals surface area contributed by atoms with Crippen molar-refractivity contribution in [1.82, 2.24) is 24.5 Å². The topological polar surface area (TPSA) is 82.8 Å². The quantitative estimate of drug-likeness (QED) is 0.333. The minimum Gasteiger partial charge on any atom is -0.470 e. The van der Waals surface area contributed by atoms with Crippen LogP contribution in [0.4, 0.5) is 0 Å². The monoisotopic (exact) mass is 501 g/mol. The standard InChI is InChI=1S/C23H21Cl2N5O2S/c1-12(2)21-26-8-7-18(29-21)15-5-6-17(24)19(9-15)30-13(3)27-22(20(25)23(30)31)32-10-16-11-33-14(4)28-16/h5-9,11-12H,10H2,1-4H3. The van der Waals surface area contributed by atoms with E-state index in [2.05, 4.69) is 19.9 Å². The third-order valence-electron chi connectivity index (χ3n) is 4.86. The average Bonchev–Trinajstić information content (AvgIpc) is 3.21. The van der Waals surface area contributed by atoms with Crippen LogP contribution in [0.25, 0.3) is 16.9 Å². The Kier molecular flexibility index (Phi) is 6.78. The number of hydrogen-bond acceptors (Lipinski definition) is 7. The lowest BCUT2D eigenvalue weighted by molar-refractivity contribution is 0.287. The Morgan fingerprint density at radius 2 is 1.91 bits per heavy atom. The van der Waals surface area contributed by atoms with Crippen LogP contribution in [0.1, 0.15) is 42.1 Å². The lowest BCUT2D eigenvalue weighted by atomic mass is 10.1. The molecule has 0 saturated carbocycles. The molecule has 0 atom stereocenters. The number of halogens is 2. The summed E-state index contributed by atoms with van der Waals surface area (Å²) in [5.74, 6) is 1.37. The predicted molar refractivity (Wildman–Crippen MR) is 131 cm³/mol. The van der Waals surface area contributed by atoms with Gasteiger partial charge in [0.15, 0.2) is 5.02 Å². The van der Waals surface area contributed by atoms with E-state index in [1.54, 1.807) is 25.3 Å². The van der Waals surface area contributed by atoms with Crippen molar-refractivity contribution in [2.24, 2.45) is 0 Å². The van der Waals surface area contributed by atoms with E-state index >= 15 is 0 Å². The van der Waals surface area contributed by atoms with Crippen LogP contribution in [0.3, 0.4) is 0 Å². The number of aromatic nitrogens is 5. The van der Waals surface area contributed by atoms with E-state index in [1.807, 2.05) is 38.3 Å². The normalized spacial score (nSPS) is 11.2.